The zero-order chi connectivity index (χ0) is 16.7. The third kappa shape index (κ3) is 2.59. The summed E-state index contributed by atoms with van der Waals surface area (Å²) < 4.78 is 7.78. The molecule has 0 aliphatic carbocycles. The van der Waals surface area contributed by atoms with Crippen molar-refractivity contribution in [3.8, 4) is 11.6 Å². The molecule has 0 saturated heterocycles. The van der Waals surface area contributed by atoms with Crippen LogP contribution in [0.3, 0.4) is 0 Å². The van der Waals surface area contributed by atoms with Crippen LogP contribution in [0, 0.1) is 0 Å². The van der Waals surface area contributed by atoms with Crippen LogP contribution in [0.25, 0.3) is 22.6 Å². The normalized spacial score (nSPS) is 11.5. The first kappa shape index (κ1) is 15.5. The van der Waals surface area contributed by atoms with E-state index in [1.807, 2.05) is 13.8 Å². The van der Waals surface area contributed by atoms with E-state index in [-0.39, 0.29) is 5.25 Å². The van der Waals surface area contributed by atoms with E-state index in [0.29, 0.717) is 27.6 Å². The molecule has 0 atom stereocenters. The summed E-state index contributed by atoms with van der Waals surface area (Å²) >= 11 is 1.46. The second kappa shape index (κ2) is 5.69. The van der Waals surface area contributed by atoms with E-state index in [1.54, 1.807) is 19.2 Å². The number of aryl methyl sites for hydroxylation is 1. The number of rotatable bonds is 3. The maximum atomic E-state index is 12.5. The minimum atomic E-state index is -0.424. The molecular formula is C15H16N4O3S. The van der Waals surface area contributed by atoms with Gasteiger partial charge in [-0.25, -0.2) is 14.8 Å². The van der Waals surface area contributed by atoms with Gasteiger partial charge in [0.15, 0.2) is 17.2 Å². The van der Waals surface area contributed by atoms with Gasteiger partial charge in [-0.3, -0.25) is 13.9 Å². The Kier molecular flexibility index (Phi) is 3.85. The Labute approximate surface area is 136 Å². The summed E-state index contributed by atoms with van der Waals surface area (Å²) in [6.07, 6.45) is 1.53. The molecule has 0 bridgehead atoms. The van der Waals surface area contributed by atoms with E-state index >= 15 is 0 Å². The molecule has 8 heteroatoms. The number of thioether (sulfide) groups is 1. The highest BCUT2D eigenvalue weighted by Gasteiger charge is 2.19. The Morgan fingerprint density at radius 1 is 1.17 bits per heavy atom. The van der Waals surface area contributed by atoms with Crippen molar-refractivity contribution >= 4 is 22.8 Å². The first-order valence-corrected chi connectivity index (χ1v) is 7.96. The molecule has 0 N–H and O–H groups in total. The molecule has 7 nitrogen and oxygen atoms in total. The van der Waals surface area contributed by atoms with Crippen LogP contribution in [0.4, 0.5) is 0 Å². The monoisotopic (exact) mass is 332 g/mol. The van der Waals surface area contributed by atoms with Crippen LogP contribution in [-0.2, 0) is 14.1 Å². The minimum Gasteiger partial charge on any atom is -0.461 e. The Bertz CT molecular complexity index is 987. The maximum absolute atomic E-state index is 12.5. The molecule has 0 unspecified atom stereocenters. The van der Waals surface area contributed by atoms with E-state index in [0.717, 1.165) is 4.57 Å². The highest BCUT2D eigenvalue weighted by atomic mass is 32.2. The predicted octanol–water partition coefficient (Wildman–Crippen LogP) is 1.79. The van der Waals surface area contributed by atoms with Crippen LogP contribution in [0.2, 0.25) is 0 Å². The van der Waals surface area contributed by atoms with Gasteiger partial charge in [-0.1, -0.05) is 13.8 Å². The van der Waals surface area contributed by atoms with Gasteiger partial charge in [0.1, 0.15) is 10.4 Å². The van der Waals surface area contributed by atoms with Gasteiger partial charge in [0, 0.05) is 19.3 Å². The third-order valence-electron chi connectivity index (χ3n) is 3.36. The van der Waals surface area contributed by atoms with Crippen molar-refractivity contribution in [1.29, 1.82) is 0 Å². The summed E-state index contributed by atoms with van der Waals surface area (Å²) in [6.45, 7) is 4.02. The molecule has 0 aromatic carbocycles. The number of hydrogen-bond acceptors (Lipinski definition) is 6. The summed E-state index contributed by atoms with van der Waals surface area (Å²) in [4.78, 5) is 33.6. The van der Waals surface area contributed by atoms with Gasteiger partial charge in [0.05, 0.1) is 6.26 Å². The van der Waals surface area contributed by atoms with Crippen LogP contribution < -0.4 is 11.2 Å². The second-order valence-corrected chi connectivity index (χ2v) is 6.97. The lowest BCUT2D eigenvalue weighted by atomic mass is 10.3. The Morgan fingerprint density at radius 2 is 1.91 bits per heavy atom. The molecule has 120 valence electrons. The predicted molar refractivity (Wildman–Crippen MR) is 88.7 cm³/mol. The quantitative estimate of drug-likeness (QED) is 0.537. The highest BCUT2D eigenvalue weighted by Crippen LogP contribution is 2.28. The lowest BCUT2D eigenvalue weighted by Crippen LogP contribution is -2.37. The standard InChI is InChI=1S/C15H16N4O3S/c1-8(2)23-13-10-12(18(3)15(21)19(4)14(10)20)16-11(17-13)9-6-5-7-22-9/h5-8H,1-4H3. The van der Waals surface area contributed by atoms with Crippen molar-refractivity contribution in [1.82, 2.24) is 19.1 Å². The summed E-state index contributed by atoms with van der Waals surface area (Å²) in [7, 11) is 3.04. The molecule has 0 amide bonds. The lowest BCUT2D eigenvalue weighted by molar-refractivity contribution is 0.576. The summed E-state index contributed by atoms with van der Waals surface area (Å²) in [5.41, 5.74) is -0.507. The smallest absolute Gasteiger partial charge is 0.332 e. The van der Waals surface area contributed by atoms with E-state index in [1.165, 1.54) is 29.6 Å². The lowest BCUT2D eigenvalue weighted by Gasteiger charge is -2.12. The van der Waals surface area contributed by atoms with Gasteiger partial charge in [-0.2, -0.15) is 0 Å². The topological polar surface area (TPSA) is 82.9 Å². The van der Waals surface area contributed by atoms with Crippen molar-refractivity contribution in [3.05, 3.63) is 39.2 Å². The van der Waals surface area contributed by atoms with Crippen LogP contribution in [0.15, 0.2) is 37.4 Å². The average Bonchev–Trinajstić information content (AvgIpc) is 3.04. The first-order chi connectivity index (χ1) is 10.9. The van der Waals surface area contributed by atoms with Gasteiger partial charge in [-0.15, -0.1) is 11.8 Å². The van der Waals surface area contributed by atoms with Crippen molar-refractivity contribution in [2.24, 2.45) is 14.1 Å². The Hall–Kier alpha value is -2.35. The van der Waals surface area contributed by atoms with Gasteiger partial charge < -0.3 is 4.42 Å². The number of hydrogen-bond donors (Lipinski definition) is 0. The van der Waals surface area contributed by atoms with Crippen molar-refractivity contribution in [2.45, 2.75) is 24.1 Å². The molecule has 0 aliphatic rings. The molecule has 3 rings (SSSR count). The maximum Gasteiger partial charge on any atom is 0.332 e. The van der Waals surface area contributed by atoms with Gasteiger partial charge in [-0.05, 0) is 12.1 Å². The molecule has 0 aliphatic heterocycles. The van der Waals surface area contributed by atoms with Gasteiger partial charge in [0.2, 0.25) is 0 Å². The molecule has 0 radical (unpaired) electrons. The van der Waals surface area contributed by atoms with Crippen molar-refractivity contribution < 1.29 is 4.42 Å². The van der Waals surface area contributed by atoms with Crippen LogP contribution >= 0.6 is 11.8 Å². The largest absolute Gasteiger partial charge is 0.461 e. The minimum absolute atomic E-state index is 0.222. The zero-order valence-corrected chi connectivity index (χ0v) is 14.0. The second-order valence-electron chi connectivity index (χ2n) is 5.40. The summed E-state index contributed by atoms with van der Waals surface area (Å²) in [6, 6.07) is 3.48. The van der Waals surface area contributed by atoms with Crippen LogP contribution in [-0.4, -0.2) is 24.4 Å². The van der Waals surface area contributed by atoms with Gasteiger partial charge >= 0.3 is 5.69 Å². The molecule has 0 spiro atoms. The molecule has 0 saturated carbocycles. The fraction of sp³-hybridized carbons (Fsp3) is 0.333. The first-order valence-electron chi connectivity index (χ1n) is 7.08. The van der Waals surface area contributed by atoms with Crippen molar-refractivity contribution in [3.63, 3.8) is 0 Å². The number of fused-ring (bicyclic) bond motifs is 1. The van der Waals surface area contributed by atoms with E-state index in [9.17, 15) is 9.59 Å². The molecular weight excluding hydrogens is 316 g/mol. The van der Waals surface area contributed by atoms with E-state index in [4.69, 9.17) is 4.42 Å². The highest BCUT2D eigenvalue weighted by molar-refractivity contribution is 8.00. The molecule has 0 fully saturated rings. The van der Waals surface area contributed by atoms with E-state index in [2.05, 4.69) is 9.97 Å². The third-order valence-corrected chi connectivity index (χ3v) is 4.35. The SMILES string of the molecule is CC(C)Sc1nc(-c2ccco2)nc2c1c(=O)n(C)c(=O)n2C. The average molecular weight is 332 g/mol. The van der Waals surface area contributed by atoms with Gasteiger partial charge in [0.25, 0.3) is 5.56 Å². The fourth-order valence-electron chi connectivity index (χ4n) is 2.25. The Balaban J connectivity index is 2.45. The Morgan fingerprint density at radius 3 is 2.52 bits per heavy atom. The number of furan rings is 1. The molecule has 3 heterocycles. The summed E-state index contributed by atoms with van der Waals surface area (Å²) in [5.74, 6) is 0.847. The molecule has 3 aromatic heterocycles. The number of aromatic nitrogens is 4. The fourth-order valence-corrected chi connectivity index (χ4v) is 3.14. The van der Waals surface area contributed by atoms with Crippen LogP contribution in [0.1, 0.15) is 13.8 Å². The van der Waals surface area contributed by atoms with Crippen molar-refractivity contribution in [2.75, 3.05) is 0 Å². The molecule has 3 aromatic rings. The summed E-state index contributed by atoms with van der Waals surface area (Å²) in [5, 5.41) is 1.12. The van der Waals surface area contributed by atoms with Crippen LogP contribution in [0.5, 0.6) is 0 Å². The number of nitrogens with zero attached hydrogens (tertiary/aromatic N) is 4. The molecule has 23 heavy (non-hydrogen) atoms. The van der Waals surface area contributed by atoms with E-state index < -0.39 is 11.2 Å². The zero-order valence-electron chi connectivity index (χ0n) is 13.2.